The molecule has 0 bridgehead atoms. The highest BCUT2D eigenvalue weighted by atomic mass is 127. The Morgan fingerprint density at radius 1 is 1.08 bits per heavy atom. The van der Waals surface area contributed by atoms with Crippen LogP contribution in [-0.4, -0.2) is 49.6 Å². The summed E-state index contributed by atoms with van der Waals surface area (Å²) in [4.78, 5) is 6.83. The fourth-order valence-corrected chi connectivity index (χ4v) is 3.44. The summed E-state index contributed by atoms with van der Waals surface area (Å²) in [5.41, 5.74) is 2.71. The van der Waals surface area contributed by atoms with Crippen molar-refractivity contribution in [2.24, 2.45) is 4.99 Å². The van der Waals surface area contributed by atoms with Crippen molar-refractivity contribution in [1.82, 2.24) is 15.5 Å². The van der Waals surface area contributed by atoms with Gasteiger partial charge in [-0.05, 0) is 61.9 Å². The van der Waals surface area contributed by atoms with E-state index in [-0.39, 0.29) is 24.0 Å². The Kier molecular flexibility index (Phi) is 12.4. The number of halogens is 1. The summed E-state index contributed by atoms with van der Waals surface area (Å²) >= 11 is 1.91. The van der Waals surface area contributed by atoms with Gasteiger partial charge in [0, 0.05) is 26.7 Å². The summed E-state index contributed by atoms with van der Waals surface area (Å²) in [7, 11) is 1.83. The number of hydrogen-bond donors (Lipinski definition) is 2. The molecular formula is C19H33IN4S. The third-order valence-corrected chi connectivity index (χ3v) is 5.08. The molecule has 25 heavy (non-hydrogen) atoms. The minimum absolute atomic E-state index is 0. The monoisotopic (exact) mass is 476 g/mol. The maximum absolute atomic E-state index is 4.29. The molecule has 2 rings (SSSR count). The van der Waals surface area contributed by atoms with Crippen LogP contribution in [0.1, 0.15) is 36.8 Å². The Labute approximate surface area is 174 Å². The van der Waals surface area contributed by atoms with Crippen LogP contribution in [0.5, 0.6) is 0 Å². The van der Waals surface area contributed by atoms with E-state index in [0.29, 0.717) is 0 Å². The lowest BCUT2D eigenvalue weighted by Gasteiger charge is -2.15. The molecule has 0 aliphatic carbocycles. The van der Waals surface area contributed by atoms with Crippen molar-refractivity contribution in [3.05, 3.63) is 35.4 Å². The van der Waals surface area contributed by atoms with Crippen molar-refractivity contribution in [3.63, 3.8) is 0 Å². The van der Waals surface area contributed by atoms with E-state index < -0.39 is 0 Å². The van der Waals surface area contributed by atoms with E-state index in [2.05, 4.69) is 51.0 Å². The van der Waals surface area contributed by atoms with Crippen molar-refractivity contribution >= 4 is 41.7 Å². The fraction of sp³-hybridized carbons (Fsp3) is 0.632. The molecule has 0 amide bonds. The van der Waals surface area contributed by atoms with Crippen molar-refractivity contribution < 1.29 is 0 Å². The maximum Gasteiger partial charge on any atom is 0.191 e. The van der Waals surface area contributed by atoms with E-state index in [0.717, 1.165) is 25.6 Å². The van der Waals surface area contributed by atoms with Crippen LogP contribution in [0, 0.1) is 0 Å². The van der Waals surface area contributed by atoms with Crippen molar-refractivity contribution in [3.8, 4) is 0 Å². The number of aliphatic imine (C=N–C) groups is 1. The predicted octanol–water partition coefficient (Wildman–Crippen LogP) is 3.71. The van der Waals surface area contributed by atoms with E-state index in [1.807, 2.05) is 18.8 Å². The van der Waals surface area contributed by atoms with Crippen LogP contribution in [0.25, 0.3) is 0 Å². The van der Waals surface area contributed by atoms with Gasteiger partial charge in [0.15, 0.2) is 5.96 Å². The average Bonchev–Trinajstić information content (AvgIpc) is 3.12. The average molecular weight is 476 g/mol. The second-order valence-electron chi connectivity index (χ2n) is 6.35. The highest BCUT2D eigenvalue weighted by Crippen LogP contribution is 2.13. The van der Waals surface area contributed by atoms with E-state index in [1.54, 1.807) is 0 Å². The molecule has 0 unspecified atom stereocenters. The Morgan fingerprint density at radius 2 is 1.76 bits per heavy atom. The zero-order chi connectivity index (χ0) is 17.0. The Bertz CT molecular complexity index is 487. The molecule has 4 nitrogen and oxygen atoms in total. The summed E-state index contributed by atoms with van der Waals surface area (Å²) in [5, 5.41) is 6.77. The van der Waals surface area contributed by atoms with Gasteiger partial charge in [-0.3, -0.25) is 9.89 Å². The zero-order valence-electron chi connectivity index (χ0n) is 15.6. The molecule has 1 heterocycles. The van der Waals surface area contributed by atoms with Gasteiger partial charge in [0.2, 0.25) is 0 Å². The minimum Gasteiger partial charge on any atom is -0.356 e. The van der Waals surface area contributed by atoms with E-state index in [1.165, 1.54) is 55.7 Å². The van der Waals surface area contributed by atoms with Crippen LogP contribution < -0.4 is 10.6 Å². The second kappa shape index (κ2) is 13.7. The Morgan fingerprint density at radius 3 is 2.40 bits per heavy atom. The summed E-state index contributed by atoms with van der Waals surface area (Å²) in [6.07, 6.45) is 7.30. The molecule has 1 aromatic rings. The van der Waals surface area contributed by atoms with Crippen molar-refractivity contribution in [2.45, 2.75) is 38.8 Å². The van der Waals surface area contributed by atoms with Crippen LogP contribution in [-0.2, 0) is 13.1 Å². The quantitative estimate of drug-likeness (QED) is 0.247. The maximum atomic E-state index is 4.29. The Balaban J connectivity index is 0.00000312. The molecule has 0 atom stereocenters. The van der Waals surface area contributed by atoms with Gasteiger partial charge in [-0.2, -0.15) is 11.8 Å². The number of nitrogens with zero attached hydrogens (tertiary/aromatic N) is 2. The summed E-state index contributed by atoms with van der Waals surface area (Å²) in [6, 6.07) is 8.97. The van der Waals surface area contributed by atoms with Gasteiger partial charge in [0.25, 0.3) is 0 Å². The van der Waals surface area contributed by atoms with Crippen LogP contribution >= 0.6 is 35.7 Å². The van der Waals surface area contributed by atoms with Crippen LogP contribution in [0.15, 0.2) is 29.3 Å². The van der Waals surface area contributed by atoms with Crippen LogP contribution in [0.2, 0.25) is 0 Å². The smallest absolute Gasteiger partial charge is 0.191 e. The first kappa shape index (κ1) is 22.6. The lowest BCUT2D eigenvalue weighted by atomic mass is 10.1. The number of thioether (sulfide) groups is 1. The van der Waals surface area contributed by atoms with Crippen LogP contribution in [0.4, 0.5) is 0 Å². The number of guanidine groups is 1. The normalized spacial score (nSPS) is 15.0. The first-order valence-corrected chi connectivity index (χ1v) is 10.4. The first-order chi connectivity index (χ1) is 11.8. The second-order valence-corrected chi connectivity index (χ2v) is 7.34. The molecular weight excluding hydrogens is 443 g/mol. The van der Waals surface area contributed by atoms with E-state index >= 15 is 0 Å². The molecule has 1 aliphatic heterocycles. The number of unbranched alkanes of at least 4 members (excludes halogenated alkanes) is 1. The highest BCUT2D eigenvalue weighted by Gasteiger charge is 2.11. The van der Waals surface area contributed by atoms with Crippen molar-refractivity contribution in [1.29, 1.82) is 0 Å². The summed E-state index contributed by atoms with van der Waals surface area (Å²) in [5.74, 6) is 2.12. The van der Waals surface area contributed by atoms with E-state index in [9.17, 15) is 0 Å². The lowest BCUT2D eigenvalue weighted by Crippen LogP contribution is -2.37. The van der Waals surface area contributed by atoms with E-state index in [4.69, 9.17) is 0 Å². The molecule has 0 spiro atoms. The zero-order valence-corrected chi connectivity index (χ0v) is 18.7. The molecule has 142 valence electrons. The molecule has 0 aromatic heterocycles. The lowest BCUT2D eigenvalue weighted by molar-refractivity contribution is 0.331. The molecule has 1 saturated heterocycles. The number of likely N-dealkylation sites (tertiary alicyclic amines) is 1. The standard InChI is InChI=1S/C19H32N4S.HI/c1-20-19(21-11-3-6-14-24-2)22-15-17-7-9-18(10-8-17)16-23-12-4-5-13-23;/h7-10H,3-6,11-16H2,1-2H3,(H2,20,21,22);1H. The summed E-state index contributed by atoms with van der Waals surface area (Å²) < 4.78 is 0. The minimum atomic E-state index is 0. The predicted molar refractivity (Wildman–Crippen MR) is 122 cm³/mol. The number of hydrogen-bond acceptors (Lipinski definition) is 3. The molecule has 0 radical (unpaired) electrons. The third-order valence-electron chi connectivity index (χ3n) is 4.38. The third kappa shape index (κ3) is 9.15. The van der Waals surface area contributed by atoms with Gasteiger partial charge in [-0.15, -0.1) is 24.0 Å². The molecule has 1 aliphatic rings. The largest absolute Gasteiger partial charge is 0.356 e. The number of benzene rings is 1. The SMILES string of the molecule is CN=C(NCCCCSC)NCc1ccc(CN2CCCC2)cc1.I. The van der Waals surface area contributed by atoms with Crippen molar-refractivity contribution in [2.75, 3.05) is 38.7 Å². The number of nitrogens with one attached hydrogen (secondary N) is 2. The molecule has 0 saturated carbocycles. The van der Waals surface area contributed by atoms with Gasteiger partial charge in [0.05, 0.1) is 0 Å². The van der Waals surface area contributed by atoms with Gasteiger partial charge < -0.3 is 10.6 Å². The van der Waals surface area contributed by atoms with Gasteiger partial charge in [-0.25, -0.2) is 0 Å². The van der Waals surface area contributed by atoms with Gasteiger partial charge in [0.1, 0.15) is 0 Å². The topological polar surface area (TPSA) is 39.7 Å². The molecule has 6 heteroatoms. The Hall–Kier alpha value is -0.470. The fourth-order valence-electron chi connectivity index (χ4n) is 2.95. The molecule has 2 N–H and O–H groups in total. The summed E-state index contributed by atoms with van der Waals surface area (Å²) in [6.45, 7) is 5.39. The highest BCUT2D eigenvalue weighted by molar-refractivity contribution is 14.0. The molecule has 1 fully saturated rings. The number of rotatable bonds is 9. The first-order valence-electron chi connectivity index (χ1n) is 9.05. The van der Waals surface area contributed by atoms with Crippen LogP contribution in [0.3, 0.4) is 0 Å². The van der Waals surface area contributed by atoms with Gasteiger partial charge >= 0.3 is 0 Å². The molecule has 1 aromatic carbocycles. The van der Waals surface area contributed by atoms with Gasteiger partial charge in [-0.1, -0.05) is 24.3 Å².